The Balaban J connectivity index is 2.19. The van der Waals surface area contributed by atoms with E-state index in [9.17, 15) is 4.79 Å². The number of nitrogens with zero attached hydrogens (tertiary/aromatic N) is 2. The van der Waals surface area contributed by atoms with Crippen LogP contribution in [0.2, 0.25) is 0 Å². The molecule has 0 saturated heterocycles. The topological polar surface area (TPSA) is 62.7 Å². The van der Waals surface area contributed by atoms with Crippen molar-refractivity contribution in [2.24, 2.45) is 0 Å². The summed E-state index contributed by atoms with van der Waals surface area (Å²) in [5, 5.41) is 9.01. The van der Waals surface area contributed by atoms with Crippen LogP contribution in [-0.4, -0.2) is 36.5 Å². The second-order valence-electron chi connectivity index (χ2n) is 4.73. The van der Waals surface area contributed by atoms with Crippen molar-refractivity contribution < 1.29 is 14.6 Å². The van der Waals surface area contributed by atoms with Crippen LogP contribution in [0.25, 0.3) is 0 Å². The SMILES string of the molecule is COc1cc(CN(C)c2cccc(C(=O)O)n2)ccc1SC. The van der Waals surface area contributed by atoms with Gasteiger partial charge in [-0.05, 0) is 36.1 Å². The van der Waals surface area contributed by atoms with Gasteiger partial charge >= 0.3 is 5.97 Å². The normalized spacial score (nSPS) is 10.3. The minimum Gasteiger partial charge on any atom is -0.496 e. The van der Waals surface area contributed by atoms with Gasteiger partial charge in [0.05, 0.1) is 7.11 Å². The summed E-state index contributed by atoms with van der Waals surface area (Å²) >= 11 is 1.63. The molecule has 1 aromatic heterocycles. The van der Waals surface area contributed by atoms with Crippen LogP contribution < -0.4 is 9.64 Å². The van der Waals surface area contributed by atoms with Crippen molar-refractivity contribution in [3.8, 4) is 5.75 Å². The van der Waals surface area contributed by atoms with E-state index in [1.807, 2.05) is 36.4 Å². The number of thioether (sulfide) groups is 1. The zero-order valence-electron chi connectivity index (χ0n) is 12.7. The van der Waals surface area contributed by atoms with E-state index in [2.05, 4.69) is 4.98 Å². The summed E-state index contributed by atoms with van der Waals surface area (Å²) in [6, 6.07) is 11.0. The molecule has 1 aromatic carbocycles. The third kappa shape index (κ3) is 3.71. The zero-order valence-corrected chi connectivity index (χ0v) is 13.6. The maximum Gasteiger partial charge on any atom is 0.354 e. The molecule has 0 atom stereocenters. The minimum absolute atomic E-state index is 0.0414. The molecule has 2 aromatic rings. The fourth-order valence-electron chi connectivity index (χ4n) is 2.09. The molecule has 22 heavy (non-hydrogen) atoms. The van der Waals surface area contributed by atoms with Crippen LogP contribution in [0.3, 0.4) is 0 Å². The number of methoxy groups -OCH3 is 1. The first-order valence-electron chi connectivity index (χ1n) is 6.67. The van der Waals surface area contributed by atoms with Crippen molar-refractivity contribution in [3.63, 3.8) is 0 Å². The van der Waals surface area contributed by atoms with Crippen molar-refractivity contribution >= 4 is 23.5 Å². The Bertz CT molecular complexity index is 676. The van der Waals surface area contributed by atoms with Gasteiger partial charge in [-0.1, -0.05) is 12.1 Å². The van der Waals surface area contributed by atoms with Crippen LogP contribution in [0.15, 0.2) is 41.3 Å². The molecule has 0 spiro atoms. The van der Waals surface area contributed by atoms with Crippen molar-refractivity contribution in [1.82, 2.24) is 4.98 Å². The van der Waals surface area contributed by atoms with Crippen molar-refractivity contribution in [2.75, 3.05) is 25.3 Å². The Labute approximate surface area is 133 Å². The average Bonchev–Trinajstić information content (AvgIpc) is 2.54. The quantitative estimate of drug-likeness (QED) is 0.826. The Morgan fingerprint density at radius 3 is 2.77 bits per heavy atom. The van der Waals surface area contributed by atoms with Crippen LogP contribution in [0.4, 0.5) is 5.82 Å². The van der Waals surface area contributed by atoms with Crippen LogP contribution in [0, 0.1) is 0 Å². The lowest BCUT2D eigenvalue weighted by molar-refractivity contribution is 0.0690. The van der Waals surface area contributed by atoms with E-state index in [1.54, 1.807) is 31.0 Å². The van der Waals surface area contributed by atoms with Gasteiger partial charge in [0.25, 0.3) is 0 Å². The predicted octanol–water partition coefficient (Wildman–Crippen LogP) is 3.15. The fourth-order valence-corrected chi connectivity index (χ4v) is 2.64. The third-order valence-electron chi connectivity index (χ3n) is 3.21. The molecule has 1 N–H and O–H groups in total. The number of benzene rings is 1. The molecule has 116 valence electrons. The van der Waals surface area contributed by atoms with E-state index in [0.717, 1.165) is 16.2 Å². The number of carbonyl (C=O) groups is 1. The number of pyridine rings is 1. The highest BCUT2D eigenvalue weighted by Gasteiger charge is 2.10. The number of hydrogen-bond donors (Lipinski definition) is 1. The summed E-state index contributed by atoms with van der Waals surface area (Å²) in [7, 11) is 3.53. The van der Waals surface area contributed by atoms with Gasteiger partial charge in [0, 0.05) is 18.5 Å². The van der Waals surface area contributed by atoms with E-state index in [-0.39, 0.29) is 5.69 Å². The maximum atomic E-state index is 11.0. The number of hydrogen-bond acceptors (Lipinski definition) is 5. The Morgan fingerprint density at radius 2 is 2.14 bits per heavy atom. The standard InChI is InChI=1S/C16H18N2O3S/c1-18(15-6-4-5-12(17-15)16(19)20)10-11-7-8-14(22-3)13(9-11)21-2/h4-9H,10H2,1-3H3,(H,19,20). The molecule has 0 unspecified atom stereocenters. The predicted molar refractivity (Wildman–Crippen MR) is 88.1 cm³/mol. The molecular formula is C16H18N2O3S. The smallest absolute Gasteiger partial charge is 0.354 e. The van der Waals surface area contributed by atoms with Gasteiger partial charge in [-0.15, -0.1) is 11.8 Å². The van der Waals surface area contributed by atoms with Crippen LogP contribution >= 0.6 is 11.8 Å². The minimum atomic E-state index is -1.03. The van der Waals surface area contributed by atoms with Gasteiger partial charge in [0.1, 0.15) is 11.6 Å². The lowest BCUT2D eigenvalue weighted by atomic mass is 10.2. The summed E-state index contributed by atoms with van der Waals surface area (Å²) in [6.45, 7) is 0.612. The van der Waals surface area contributed by atoms with Crippen LogP contribution in [0.5, 0.6) is 5.75 Å². The van der Waals surface area contributed by atoms with E-state index < -0.39 is 5.97 Å². The summed E-state index contributed by atoms with van der Waals surface area (Å²) in [4.78, 5) is 18.1. The highest BCUT2D eigenvalue weighted by atomic mass is 32.2. The molecule has 2 rings (SSSR count). The number of anilines is 1. The molecule has 0 fully saturated rings. The molecule has 0 amide bonds. The van der Waals surface area contributed by atoms with E-state index in [0.29, 0.717) is 12.4 Å². The van der Waals surface area contributed by atoms with E-state index >= 15 is 0 Å². The fraction of sp³-hybridized carbons (Fsp3) is 0.250. The first-order chi connectivity index (χ1) is 10.5. The monoisotopic (exact) mass is 318 g/mol. The molecule has 1 heterocycles. The molecule has 0 saturated carbocycles. The first-order valence-corrected chi connectivity index (χ1v) is 7.90. The first kappa shape index (κ1) is 16.2. The molecule has 0 bridgehead atoms. The lowest BCUT2D eigenvalue weighted by Gasteiger charge is -2.19. The Morgan fingerprint density at radius 1 is 1.36 bits per heavy atom. The molecule has 0 aliphatic carbocycles. The van der Waals surface area contributed by atoms with Gasteiger partial charge in [0.15, 0.2) is 5.69 Å². The number of aromatic carboxylic acids is 1. The second kappa shape index (κ2) is 7.17. The van der Waals surface area contributed by atoms with Crippen molar-refractivity contribution in [3.05, 3.63) is 47.7 Å². The zero-order chi connectivity index (χ0) is 16.1. The third-order valence-corrected chi connectivity index (χ3v) is 3.99. The number of carboxylic acid groups (broad SMARTS) is 1. The van der Waals surface area contributed by atoms with Gasteiger partial charge in [-0.2, -0.15) is 0 Å². The van der Waals surface area contributed by atoms with Gasteiger partial charge in [-0.3, -0.25) is 0 Å². The number of ether oxygens (including phenoxy) is 1. The molecule has 0 aliphatic rings. The molecular weight excluding hydrogens is 300 g/mol. The van der Waals surface area contributed by atoms with Crippen molar-refractivity contribution in [1.29, 1.82) is 0 Å². The summed E-state index contributed by atoms with van der Waals surface area (Å²) in [6.07, 6.45) is 2.00. The van der Waals surface area contributed by atoms with Crippen LogP contribution in [0.1, 0.15) is 16.1 Å². The Hall–Kier alpha value is -2.21. The van der Waals surface area contributed by atoms with Crippen LogP contribution in [-0.2, 0) is 6.54 Å². The Kier molecular flexibility index (Phi) is 5.27. The second-order valence-corrected chi connectivity index (χ2v) is 5.58. The molecule has 6 heteroatoms. The number of carboxylic acids is 1. The van der Waals surface area contributed by atoms with Crippen molar-refractivity contribution in [2.45, 2.75) is 11.4 Å². The van der Waals surface area contributed by atoms with Gasteiger partial charge < -0.3 is 14.7 Å². The molecule has 5 nitrogen and oxygen atoms in total. The van der Waals surface area contributed by atoms with Gasteiger partial charge in [-0.25, -0.2) is 9.78 Å². The number of rotatable bonds is 6. The largest absolute Gasteiger partial charge is 0.496 e. The average molecular weight is 318 g/mol. The summed E-state index contributed by atoms with van der Waals surface area (Å²) < 4.78 is 5.38. The highest BCUT2D eigenvalue weighted by Crippen LogP contribution is 2.29. The highest BCUT2D eigenvalue weighted by molar-refractivity contribution is 7.98. The summed E-state index contributed by atoms with van der Waals surface area (Å²) in [5.41, 5.74) is 1.11. The lowest BCUT2D eigenvalue weighted by Crippen LogP contribution is -2.18. The number of aromatic nitrogens is 1. The molecule has 0 aliphatic heterocycles. The molecule has 0 radical (unpaired) electrons. The summed E-state index contributed by atoms with van der Waals surface area (Å²) in [5.74, 6) is 0.430. The maximum absolute atomic E-state index is 11.0. The van der Waals surface area contributed by atoms with E-state index in [4.69, 9.17) is 9.84 Å². The van der Waals surface area contributed by atoms with Gasteiger partial charge in [0.2, 0.25) is 0 Å². The van der Waals surface area contributed by atoms with E-state index in [1.165, 1.54) is 6.07 Å².